The van der Waals surface area contributed by atoms with Gasteiger partial charge in [-0.25, -0.2) is 0 Å². The van der Waals surface area contributed by atoms with E-state index in [1.54, 1.807) is 17.4 Å². The third kappa shape index (κ3) is 5.26. The molecule has 0 spiro atoms. The Balaban J connectivity index is 1.35. The van der Waals surface area contributed by atoms with Crippen molar-refractivity contribution in [1.29, 1.82) is 0 Å². The summed E-state index contributed by atoms with van der Waals surface area (Å²) in [6, 6.07) is 5.80. The number of thiophene rings is 2. The second-order valence-electron chi connectivity index (χ2n) is 5.78. The third-order valence-corrected chi connectivity index (χ3v) is 5.64. The van der Waals surface area contributed by atoms with Gasteiger partial charge in [0.1, 0.15) is 0 Å². The predicted octanol–water partition coefficient (Wildman–Crippen LogP) is 2.40. The summed E-state index contributed by atoms with van der Waals surface area (Å²) >= 11 is 3.14. The number of carbonyl (C=O) groups excluding carboxylic acids is 2. The fourth-order valence-corrected chi connectivity index (χ4v) is 3.91. The van der Waals surface area contributed by atoms with E-state index >= 15 is 0 Å². The molecule has 1 fully saturated rings. The Bertz CT molecular complexity index is 703. The molecule has 0 saturated carbocycles. The van der Waals surface area contributed by atoms with Gasteiger partial charge in [-0.3, -0.25) is 14.5 Å². The van der Waals surface area contributed by atoms with Crippen LogP contribution in [0.2, 0.25) is 0 Å². The number of hydrogen-bond acceptors (Lipinski definition) is 5. The van der Waals surface area contributed by atoms with Crippen LogP contribution in [0, 0.1) is 0 Å². The van der Waals surface area contributed by atoms with Crippen LogP contribution in [0.15, 0.2) is 40.4 Å². The molecule has 1 N–H and O–H groups in total. The van der Waals surface area contributed by atoms with E-state index in [1.165, 1.54) is 11.3 Å². The van der Waals surface area contributed by atoms with Crippen molar-refractivity contribution in [2.24, 2.45) is 0 Å². The van der Waals surface area contributed by atoms with Gasteiger partial charge in [-0.15, -0.1) is 11.3 Å². The molecule has 0 atom stereocenters. The summed E-state index contributed by atoms with van der Waals surface area (Å²) in [6.07, 6.45) is 3.53. The molecular weight excluding hydrogens is 354 g/mol. The van der Waals surface area contributed by atoms with Gasteiger partial charge in [0, 0.05) is 61.2 Å². The summed E-state index contributed by atoms with van der Waals surface area (Å²) in [5, 5.41) is 8.69. The van der Waals surface area contributed by atoms with E-state index in [-0.39, 0.29) is 11.8 Å². The van der Waals surface area contributed by atoms with Crippen LogP contribution < -0.4 is 5.32 Å². The second-order valence-corrected chi connectivity index (χ2v) is 7.54. The van der Waals surface area contributed by atoms with Crippen LogP contribution in [0.4, 0.5) is 0 Å². The summed E-state index contributed by atoms with van der Waals surface area (Å²) in [6.45, 7) is 4.57. The van der Waals surface area contributed by atoms with Gasteiger partial charge in [0.05, 0.1) is 0 Å². The zero-order valence-corrected chi connectivity index (χ0v) is 15.5. The Kier molecular flexibility index (Phi) is 6.38. The van der Waals surface area contributed by atoms with Gasteiger partial charge >= 0.3 is 0 Å². The van der Waals surface area contributed by atoms with Gasteiger partial charge in [-0.1, -0.05) is 6.07 Å². The number of nitrogens with one attached hydrogen (secondary N) is 1. The van der Waals surface area contributed by atoms with Crippen LogP contribution >= 0.6 is 22.7 Å². The van der Waals surface area contributed by atoms with Crippen molar-refractivity contribution in [2.45, 2.75) is 0 Å². The Morgan fingerprint density at radius 2 is 2.00 bits per heavy atom. The third-order valence-electron chi connectivity index (χ3n) is 4.11. The first-order chi connectivity index (χ1) is 12.2. The van der Waals surface area contributed by atoms with Crippen LogP contribution in [-0.2, 0) is 4.79 Å². The quantitative estimate of drug-likeness (QED) is 0.789. The van der Waals surface area contributed by atoms with E-state index in [0.717, 1.165) is 43.2 Å². The number of carbonyl (C=O) groups is 2. The molecule has 5 nitrogen and oxygen atoms in total. The number of hydrogen-bond donors (Lipinski definition) is 1. The van der Waals surface area contributed by atoms with Gasteiger partial charge in [-0.2, -0.15) is 11.3 Å². The Labute approximate surface area is 155 Å². The van der Waals surface area contributed by atoms with Crippen LogP contribution in [0.3, 0.4) is 0 Å². The average Bonchev–Trinajstić information content (AvgIpc) is 3.34. The highest BCUT2D eigenvalue weighted by atomic mass is 32.1. The van der Waals surface area contributed by atoms with Crippen molar-refractivity contribution < 1.29 is 9.59 Å². The molecule has 0 aliphatic carbocycles. The minimum absolute atomic E-state index is 0.0197. The van der Waals surface area contributed by atoms with Crippen molar-refractivity contribution in [3.8, 4) is 0 Å². The van der Waals surface area contributed by atoms with E-state index in [2.05, 4.69) is 10.2 Å². The van der Waals surface area contributed by atoms with Gasteiger partial charge < -0.3 is 10.2 Å². The lowest BCUT2D eigenvalue weighted by atomic mass is 10.3. The van der Waals surface area contributed by atoms with Crippen molar-refractivity contribution in [2.75, 3.05) is 39.3 Å². The van der Waals surface area contributed by atoms with E-state index in [1.807, 2.05) is 45.3 Å². The zero-order valence-electron chi connectivity index (χ0n) is 13.9. The minimum atomic E-state index is -0.0197. The largest absolute Gasteiger partial charge is 0.351 e. The first-order valence-electron chi connectivity index (χ1n) is 8.25. The Morgan fingerprint density at radius 1 is 1.16 bits per heavy atom. The number of nitrogens with zero attached hydrogens (tertiary/aromatic N) is 2. The van der Waals surface area contributed by atoms with Crippen molar-refractivity contribution in [3.05, 3.63) is 50.9 Å². The number of piperazine rings is 1. The Hall–Kier alpha value is -1.96. The fraction of sp³-hybridized carbons (Fsp3) is 0.333. The van der Waals surface area contributed by atoms with Crippen LogP contribution in [0.5, 0.6) is 0 Å². The lowest BCUT2D eigenvalue weighted by molar-refractivity contribution is -0.127. The molecule has 1 aliphatic rings. The van der Waals surface area contributed by atoms with Crippen LogP contribution in [0.25, 0.3) is 6.08 Å². The molecule has 0 radical (unpaired) electrons. The molecule has 0 unspecified atom stereocenters. The maximum atomic E-state index is 12.2. The van der Waals surface area contributed by atoms with Gasteiger partial charge in [0.25, 0.3) is 5.91 Å². The molecule has 2 aromatic heterocycles. The monoisotopic (exact) mass is 375 g/mol. The molecule has 3 rings (SSSR count). The molecule has 2 amide bonds. The van der Waals surface area contributed by atoms with Gasteiger partial charge in [0.15, 0.2) is 0 Å². The molecule has 25 heavy (non-hydrogen) atoms. The maximum absolute atomic E-state index is 12.2. The highest BCUT2D eigenvalue weighted by Crippen LogP contribution is 2.11. The number of rotatable bonds is 6. The smallest absolute Gasteiger partial charge is 0.252 e. The molecule has 1 aliphatic heterocycles. The van der Waals surface area contributed by atoms with Crippen molar-refractivity contribution in [3.63, 3.8) is 0 Å². The van der Waals surface area contributed by atoms with E-state index in [0.29, 0.717) is 6.54 Å². The predicted molar refractivity (Wildman–Crippen MR) is 103 cm³/mol. The summed E-state index contributed by atoms with van der Waals surface area (Å²) < 4.78 is 0. The molecule has 0 bridgehead atoms. The van der Waals surface area contributed by atoms with Crippen molar-refractivity contribution >= 4 is 40.6 Å². The van der Waals surface area contributed by atoms with E-state index in [9.17, 15) is 9.59 Å². The standard InChI is InChI=1S/C18H21N3O2S2/c22-17(4-3-16-2-1-12-25-16)21-10-8-20(9-11-21)7-6-19-18(23)15-5-13-24-14-15/h1-5,12-14H,6-11H2,(H,19,23)/b4-3+. The van der Waals surface area contributed by atoms with Crippen LogP contribution in [-0.4, -0.2) is 60.9 Å². The second kappa shape index (κ2) is 8.94. The van der Waals surface area contributed by atoms with Gasteiger partial charge in [-0.05, 0) is 29.0 Å². The van der Waals surface area contributed by atoms with Crippen molar-refractivity contribution in [1.82, 2.24) is 15.1 Å². The minimum Gasteiger partial charge on any atom is -0.351 e. The molecule has 132 valence electrons. The molecule has 7 heteroatoms. The molecule has 2 aromatic rings. The van der Waals surface area contributed by atoms with E-state index in [4.69, 9.17) is 0 Å². The molecular formula is C18H21N3O2S2. The SMILES string of the molecule is O=C(NCCN1CCN(C(=O)/C=C/c2cccs2)CC1)c1ccsc1. The first-order valence-corrected chi connectivity index (χ1v) is 10.1. The Morgan fingerprint density at radius 3 is 2.68 bits per heavy atom. The summed E-state index contributed by atoms with van der Waals surface area (Å²) in [5.41, 5.74) is 0.720. The lowest BCUT2D eigenvalue weighted by Gasteiger charge is -2.34. The highest BCUT2D eigenvalue weighted by Gasteiger charge is 2.19. The lowest BCUT2D eigenvalue weighted by Crippen LogP contribution is -2.49. The van der Waals surface area contributed by atoms with Gasteiger partial charge in [0.2, 0.25) is 5.91 Å². The zero-order chi connectivity index (χ0) is 17.5. The summed E-state index contributed by atoms with van der Waals surface area (Å²) in [4.78, 5) is 29.3. The summed E-state index contributed by atoms with van der Waals surface area (Å²) in [7, 11) is 0. The topological polar surface area (TPSA) is 52.7 Å². The number of amides is 2. The fourth-order valence-electron chi connectivity index (χ4n) is 2.66. The molecule has 0 aromatic carbocycles. The average molecular weight is 376 g/mol. The first kappa shape index (κ1) is 17.8. The normalized spacial score (nSPS) is 15.6. The highest BCUT2D eigenvalue weighted by molar-refractivity contribution is 7.10. The molecule has 1 saturated heterocycles. The molecule has 3 heterocycles. The van der Waals surface area contributed by atoms with Crippen LogP contribution in [0.1, 0.15) is 15.2 Å². The van der Waals surface area contributed by atoms with E-state index < -0.39 is 0 Å². The maximum Gasteiger partial charge on any atom is 0.252 e. The summed E-state index contributed by atoms with van der Waals surface area (Å²) in [5.74, 6) is 0.0487.